The number of alkyl carbamates (subject to hydrolysis) is 1. The van der Waals surface area contributed by atoms with E-state index in [1.165, 1.54) is 0 Å². The number of benzene rings is 3. The van der Waals surface area contributed by atoms with E-state index in [0.717, 1.165) is 27.8 Å². The fourth-order valence-corrected chi connectivity index (χ4v) is 5.71. The maximum absolute atomic E-state index is 13.5. The Balaban J connectivity index is 1.23. The lowest BCUT2D eigenvalue weighted by Crippen LogP contribution is -2.60. The van der Waals surface area contributed by atoms with E-state index < -0.39 is 17.6 Å². The number of fused-ring (bicyclic) bond motifs is 3. The molecule has 0 aromatic heterocycles. The summed E-state index contributed by atoms with van der Waals surface area (Å²) in [6.45, 7) is 2.21. The molecule has 1 fully saturated rings. The lowest BCUT2D eigenvalue weighted by molar-refractivity contribution is -0.138. The molecule has 0 bridgehead atoms. The summed E-state index contributed by atoms with van der Waals surface area (Å²) in [5.41, 5.74) is 4.48. The van der Waals surface area contributed by atoms with E-state index in [1.54, 1.807) is 0 Å². The van der Waals surface area contributed by atoms with Crippen molar-refractivity contribution < 1.29 is 29.0 Å². The molecule has 1 heterocycles. The number of ether oxygens (including phenoxy) is 2. The van der Waals surface area contributed by atoms with Gasteiger partial charge in [0.1, 0.15) is 12.1 Å². The van der Waals surface area contributed by atoms with Crippen LogP contribution in [0.4, 0.5) is 4.79 Å². The van der Waals surface area contributed by atoms with Crippen molar-refractivity contribution in [3.63, 3.8) is 0 Å². The van der Waals surface area contributed by atoms with E-state index in [9.17, 15) is 14.4 Å². The Labute approximate surface area is 239 Å². The highest BCUT2D eigenvalue weighted by Crippen LogP contribution is 2.44. The predicted molar refractivity (Wildman–Crippen MR) is 153 cm³/mol. The summed E-state index contributed by atoms with van der Waals surface area (Å²) in [6, 6.07) is 26.3. The Morgan fingerprint density at radius 3 is 2.24 bits per heavy atom. The number of carboxylic acids is 1. The average molecular weight is 558 g/mol. The second-order valence-electron chi connectivity index (χ2n) is 10.5. The molecule has 2 aliphatic rings. The van der Waals surface area contributed by atoms with Gasteiger partial charge in [-0.2, -0.15) is 0 Å². The van der Waals surface area contributed by atoms with Crippen LogP contribution in [0.5, 0.6) is 0 Å². The Morgan fingerprint density at radius 2 is 1.56 bits per heavy atom. The Morgan fingerprint density at radius 1 is 0.902 bits per heavy atom. The van der Waals surface area contributed by atoms with Gasteiger partial charge in [0.25, 0.3) is 0 Å². The van der Waals surface area contributed by atoms with E-state index in [4.69, 9.17) is 14.6 Å². The molecular weight excluding hydrogens is 522 g/mol. The monoisotopic (exact) mass is 557 g/mol. The summed E-state index contributed by atoms with van der Waals surface area (Å²) in [5, 5.41) is 14.5. The number of carbonyl (C=O) groups is 3. The van der Waals surface area contributed by atoms with Gasteiger partial charge < -0.3 is 25.2 Å². The van der Waals surface area contributed by atoms with Crippen LogP contribution in [0.1, 0.15) is 35.4 Å². The smallest absolute Gasteiger partial charge is 0.408 e. The van der Waals surface area contributed by atoms with Crippen molar-refractivity contribution in [2.75, 3.05) is 39.5 Å². The predicted octanol–water partition coefficient (Wildman–Crippen LogP) is 3.78. The minimum Gasteiger partial charge on any atom is -0.481 e. The van der Waals surface area contributed by atoms with E-state index in [-0.39, 0.29) is 44.6 Å². The molecular formula is C32H35N3O6. The zero-order chi connectivity index (χ0) is 28.7. The first-order valence-electron chi connectivity index (χ1n) is 13.9. The highest BCUT2D eigenvalue weighted by molar-refractivity contribution is 5.90. The molecule has 214 valence electrons. The van der Waals surface area contributed by atoms with Crippen LogP contribution in [0.15, 0.2) is 78.9 Å². The number of carboxylic acid groups (broad SMARTS) is 1. The maximum Gasteiger partial charge on any atom is 0.408 e. The summed E-state index contributed by atoms with van der Waals surface area (Å²) in [4.78, 5) is 39.5. The van der Waals surface area contributed by atoms with Crippen molar-refractivity contribution in [3.8, 4) is 11.1 Å². The number of likely N-dealkylation sites (tertiary alicyclic amines) is 1. The molecule has 1 aliphatic heterocycles. The van der Waals surface area contributed by atoms with E-state index in [0.29, 0.717) is 26.1 Å². The van der Waals surface area contributed by atoms with Crippen LogP contribution in [0.2, 0.25) is 0 Å². The van der Waals surface area contributed by atoms with Gasteiger partial charge in [-0.25, -0.2) is 4.79 Å². The van der Waals surface area contributed by atoms with Crippen molar-refractivity contribution in [3.05, 3.63) is 95.6 Å². The number of nitrogens with one attached hydrogen (secondary N) is 2. The van der Waals surface area contributed by atoms with Crippen LogP contribution in [0.3, 0.4) is 0 Å². The lowest BCUT2D eigenvalue weighted by atomic mass is 9.97. The van der Waals surface area contributed by atoms with Crippen LogP contribution in [-0.2, 0) is 25.6 Å². The number of aliphatic carboxylic acids is 1. The second-order valence-corrected chi connectivity index (χ2v) is 10.5. The molecule has 3 aromatic carbocycles. The first-order chi connectivity index (χ1) is 19.9. The van der Waals surface area contributed by atoms with Crippen LogP contribution >= 0.6 is 0 Å². The van der Waals surface area contributed by atoms with Gasteiger partial charge in [0, 0.05) is 32.1 Å². The van der Waals surface area contributed by atoms with Gasteiger partial charge in [-0.3, -0.25) is 14.5 Å². The van der Waals surface area contributed by atoms with Crippen molar-refractivity contribution in [2.24, 2.45) is 0 Å². The van der Waals surface area contributed by atoms with Gasteiger partial charge in [-0.15, -0.1) is 0 Å². The summed E-state index contributed by atoms with van der Waals surface area (Å²) < 4.78 is 11.1. The van der Waals surface area contributed by atoms with Gasteiger partial charge in [-0.1, -0.05) is 78.9 Å². The number of nitrogens with zero attached hydrogens (tertiary/aromatic N) is 1. The summed E-state index contributed by atoms with van der Waals surface area (Å²) >= 11 is 0. The van der Waals surface area contributed by atoms with Gasteiger partial charge in [0.05, 0.1) is 19.6 Å². The first kappa shape index (κ1) is 28.3. The van der Waals surface area contributed by atoms with Gasteiger partial charge >= 0.3 is 12.1 Å². The molecule has 2 amide bonds. The van der Waals surface area contributed by atoms with Crippen molar-refractivity contribution in [1.82, 2.24) is 15.5 Å². The fraction of sp³-hybridized carbons (Fsp3) is 0.344. The van der Waals surface area contributed by atoms with E-state index in [1.807, 2.05) is 54.6 Å². The molecule has 41 heavy (non-hydrogen) atoms. The Bertz CT molecular complexity index is 1340. The zero-order valence-electron chi connectivity index (χ0n) is 22.9. The van der Waals surface area contributed by atoms with Crippen LogP contribution in [0, 0.1) is 0 Å². The second kappa shape index (κ2) is 13.0. The lowest BCUT2D eigenvalue weighted by Gasteiger charge is -2.29. The average Bonchev–Trinajstić information content (AvgIpc) is 3.53. The number of amides is 2. The fourth-order valence-electron chi connectivity index (χ4n) is 5.71. The van der Waals surface area contributed by atoms with Gasteiger partial charge in [0.2, 0.25) is 5.91 Å². The number of hydrogen-bond acceptors (Lipinski definition) is 6. The normalized spacial score (nSPS) is 18.0. The molecule has 0 spiro atoms. The maximum atomic E-state index is 13.5. The van der Waals surface area contributed by atoms with Crippen LogP contribution < -0.4 is 10.6 Å². The van der Waals surface area contributed by atoms with Crippen LogP contribution in [0.25, 0.3) is 11.1 Å². The molecule has 9 heteroatoms. The quantitative estimate of drug-likeness (QED) is 0.290. The van der Waals surface area contributed by atoms with E-state index >= 15 is 0 Å². The van der Waals surface area contributed by atoms with Gasteiger partial charge in [-0.05, 0) is 34.2 Å². The topological polar surface area (TPSA) is 117 Å². The Hall–Kier alpha value is -4.21. The third-order valence-electron chi connectivity index (χ3n) is 7.71. The van der Waals surface area contributed by atoms with Crippen LogP contribution in [-0.4, -0.2) is 73.0 Å². The summed E-state index contributed by atoms with van der Waals surface area (Å²) in [7, 11) is 0. The SMILES string of the molecule is O=C(O)CCOCCNC(=O)C1(NC(=O)OCC2c3ccccc3-c3ccccc32)CCN(Cc2ccccc2)C1. The van der Waals surface area contributed by atoms with Crippen molar-refractivity contribution >= 4 is 18.0 Å². The first-order valence-corrected chi connectivity index (χ1v) is 13.9. The minimum absolute atomic E-state index is 0.0687. The molecule has 1 unspecified atom stereocenters. The number of hydrogen-bond donors (Lipinski definition) is 3. The molecule has 1 saturated heterocycles. The zero-order valence-corrected chi connectivity index (χ0v) is 22.9. The third kappa shape index (κ3) is 6.75. The van der Waals surface area contributed by atoms with Crippen molar-refractivity contribution in [2.45, 2.75) is 30.8 Å². The van der Waals surface area contributed by atoms with E-state index in [2.05, 4.69) is 39.8 Å². The van der Waals surface area contributed by atoms with Crippen molar-refractivity contribution in [1.29, 1.82) is 0 Å². The third-order valence-corrected chi connectivity index (χ3v) is 7.71. The Kier molecular flexibility index (Phi) is 8.96. The molecule has 1 atom stereocenters. The van der Waals surface area contributed by atoms with Gasteiger partial charge in [0.15, 0.2) is 0 Å². The highest BCUT2D eigenvalue weighted by atomic mass is 16.5. The summed E-state index contributed by atoms with van der Waals surface area (Å²) in [6.07, 6.45) is -0.313. The number of rotatable bonds is 12. The summed E-state index contributed by atoms with van der Waals surface area (Å²) in [5.74, 6) is -1.34. The minimum atomic E-state index is -1.17. The largest absolute Gasteiger partial charge is 0.481 e. The molecule has 3 aromatic rings. The molecule has 3 N–H and O–H groups in total. The molecule has 0 radical (unpaired) electrons. The number of carbonyl (C=O) groups excluding carboxylic acids is 2. The molecule has 1 aliphatic carbocycles. The highest BCUT2D eigenvalue weighted by Gasteiger charge is 2.46. The molecule has 0 saturated carbocycles. The standard InChI is InChI=1S/C32H35N3O6/c36-29(37)14-18-40-19-16-33-30(38)32(15-17-35(22-32)20-23-8-2-1-3-9-23)34-31(39)41-21-28-26-12-6-4-10-24(26)25-11-5-7-13-27(25)28/h1-13,28H,14-22H2,(H,33,38)(H,34,39)(H,36,37). The molecule has 5 rings (SSSR count). The molecule has 9 nitrogen and oxygen atoms in total.